The highest BCUT2D eigenvalue weighted by molar-refractivity contribution is 9.10. The summed E-state index contributed by atoms with van der Waals surface area (Å²) in [4.78, 5) is 0. The first kappa shape index (κ1) is 16.1. The Bertz CT molecular complexity index is 583. The fourth-order valence-corrected chi connectivity index (χ4v) is 2.61. The van der Waals surface area contributed by atoms with Crippen LogP contribution in [0.2, 0.25) is 0 Å². The molecule has 0 atom stereocenters. The first-order chi connectivity index (χ1) is 10.2. The van der Waals surface area contributed by atoms with Crippen LogP contribution in [0, 0.1) is 0 Å². The molecule has 0 saturated heterocycles. The minimum Gasteiger partial charge on any atom is -0.456 e. The van der Waals surface area contributed by atoms with Crippen LogP contribution in [-0.4, -0.2) is 6.54 Å². The van der Waals surface area contributed by atoms with Gasteiger partial charge >= 0.3 is 0 Å². The van der Waals surface area contributed by atoms with Crippen LogP contribution in [0.1, 0.15) is 31.4 Å². The van der Waals surface area contributed by atoms with E-state index in [-0.39, 0.29) is 0 Å². The number of halogens is 1. The van der Waals surface area contributed by atoms with Crippen LogP contribution < -0.4 is 10.1 Å². The highest BCUT2D eigenvalue weighted by Crippen LogP contribution is 2.30. The molecule has 0 amide bonds. The fourth-order valence-electron chi connectivity index (χ4n) is 2.10. The molecule has 0 aliphatic rings. The summed E-state index contributed by atoms with van der Waals surface area (Å²) in [6.45, 7) is 6.25. The van der Waals surface area contributed by atoms with Crippen molar-refractivity contribution < 1.29 is 4.74 Å². The van der Waals surface area contributed by atoms with Gasteiger partial charge in [-0.05, 0) is 70.7 Å². The Hall–Kier alpha value is -1.32. The van der Waals surface area contributed by atoms with Crippen LogP contribution in [0.3, 0.4) is 0 Å². The predicted octanol–water partition coefficient (Wildman–Crippen LogP) is 5.30. The van der Waals surface area contributed by atoms with Crippen molar-refractivity contribution in [2.24, 2.45) is 0 Å². The number of hydrogen-bond donors (Lipinski definition) is 1. The van der Waals surface area contributed by atoms with Crippen molar-refractivity contribution >= 4 is 15.9 Å². The van der Waals surface area contributed by atoms with E-state index in [9.17, 15) is 0 Å². The summed E-state index contributed by atoms with van der Waals surface area (Å²) in [7, 11) is 0. The third-order valence-electron chi connectivity index (χ3n) is 3.29. The van der Waals surface area contributed by atoms with Crippen molar-refractivity contribution in [1.82, 2.24) is 5.32 Å². The summed E-state index contributed by atoms with van der Waals surface area (Å²) >= 11 is 3.60. The SMILES string of the molecule is CCCNCc1ccc(Oc2cccc(CC)c2)c(Br)c1. The molecule has 112 valence electrons. The summed E-state index contributed by atoms with van der Waals surface area (Å²) in [5.41, 5.74) is 2.54. The summed E-state index contributed by atoms with van der Waals surface area (Å²) < 4.78 is 6.95. The monoisotopic (exact) mass is 347 g/mol. The van der Waals surface area contributed by atoms with E-state index < -0.39 is 0 Å². The van der Waals surface area contributed by atoms with Gasteiger partial charge < -0.3 is 10.1 Å². The molecule has 21 heavy (non-hydrogen) atoms. The lowest BCUT2D eigenvalue weighted by Crippen LogP contribution is -2.13. The molecule has 0 fully saturated rings. The van der Waals surface area contributed by atoms with E-state index in [0.29, 0.717) is 0 Å². The molecule has 2 aromatic carbocycles. The van der Waals surface area contributed by atoms with Gasteiger partial charge in [0.1, 0.15) is 11.5 Å². The third-order valence-corrected chi connectivity index (χ3v) is 3.91. The number of hydrogen-bond acceptors (Lipinski definition) is 2. The highest BCUT2D eigenvalue weighted by Gasteiger charge is 2.05. The zero-order chi connectivity index (χ0) is 15.1. The van der Waals surface area contributed by atoms with Crippen molar-refractivity contribution in [2.45, 2.75) is 33.2 Å². The van der Waals surface area contributed by atoms with Gasteiger partial charge in [-0.2, -0.15) is 0 Å². The van der Waals surface area contributed by atoms with Gasteiger partial charge in [0.2, 0.25) is 0 Å². The maximum Gasteiger partial charge on any atom is 0.141 e. The lowest BCUT2D eigenvalue weighted by Gasteiger charge is -2.11. The second kappa shape index (κ2) is 8.20. The van der Waals surface area contributed by atoms with E-state index in [2.05, 4.69) is 59.4 Å². The number of aryl methyl sites for hydroxylation is 1. The van der Waals surface area contributed by atoms with Crippen LogP contribution >= 0.6 is 15.9 Å². The molecule has 2 aromatic rings. The topological polar surface area (TPSA) is 21.3 Å². The van der Waals surface area contributed by atoms with Gasteiger partial charge in [-0.25, -0.2) is 0 Å². The van der Waals surface area contributed by atoms with Crippen molar-refractivity contribution in [3.63, 3.8) is 0 Å². The maximum atomic E-state index is 5.96. The van der Waals surface area contributed by atoms with Crippen molar-refractivity contribution in [3.05, 3.63) is 58.1 Å². The second-order valence-electron chi connectivity index (χ2n) is 5.04. The van der Waals surface area contributed by atoms with Gasteiger partial charge in [-0.15, -0.1) is 0 Å². The number of ether oxygens (including phenoxy) is 1. The number of benzene rings is 2. The Labute approximate surface area is 135 Å². The van der Waals surface area contributed by atoms with E-state index >= 15 is 0 Å². The lowest BCUT2D eigenvalue weighted by atomic mass is 10.1. The van der Waals surface area contributed by atoms with Gasteiger partial charge in [-0.3, -0.25) is 0 Å². The molecule has 3 heteroatoms. The molecule has 0 saturated carbocycles. The Morgan fingerprint density at radius 1 is 1.05 bits per heavy atom. The molecule has 0 aliphatic heterocycles. The van der Waals surface area contributed by atoms with E-state index in [1.807, 2.05) is 18.2 Å². The van der Waals surface area contributed by atoms with E-state index in [4.69, 9.17) is 4.74 Å². The summed E-state index contributed by atoms with van der Waals surface area (Å²) in [6, 6.07) is 14.5. The average Bonchev–Trinajstić information content (AvgIpc) is 2.50. The van der Waals surface area contributed by atoms with Crippen LogP contribution in [0.15, 0.2) is 46.9 Å². The highest BCUT2D eigenvalue weighted by atomic mass is 79.9. The minimum absolute atomic E-state index is 0.850. The standard InChI is InChI=1S/C18H22BrNO/c1-3-10-20-13-15-8-9-18(17(19)12-15)21-16-7-5-6-14(4-2)11-16/h5-9,11-12,20H,3-4,10,13H2,1-2H3. The molecule has 0 aromatic heterocycles. The van der Waals surface area contributed by atoms with Gasteiger partial charge in [0.25, 0.3) is 0 Å². The third kappa shape index (κ3) is 4.87. The maximum absolute atomic E-state index is 5.96. The fraction of sp³-hybridized carbons (Fsp3) is 0.333. The zero-order valence-electron chi connectivity index (χ0n) is 12.7. The molecule has 0 aliphatic carbocycles. The first-order valence-corrected chi connectivity index (χ1v) is 8.28. The summed E-state index contributed by atoms with van der Waals surface area (Å²) in [6.07, 6.45) is 2.16. The molecular weight excluding hydrogens is 326 g/mol. The van der Waals surface area contributed by atoms with Crippen molar-refractivity contribution in [2.75, 3.05) is 6.54 Å². The Morgan fingerprint density at radius 3 is 2.62 bits per heavy atom. The van der Waals surface area contributed by atoms with Gasteiger partial charge in [0.05, 0.1) is 4.47 Å². The smallest absolute Gasteiger partial charge is 0.141 e. The molecular formula is C18H22BrNO. The second-order valence-corrected chi connectivity index (χ2v) is 5.90. The molecule has 0 radical (unpaired) electrons. The summed E-state index contributed by atoms with van der Waals surface area (Å²) in [5.74, 6) is 1.73. The van der Waals surface area contributed by atoms with Crippen LogP contribution in [0.4, 0.5) is 0 Å². The van der Waals surface area contributed by atoms with Gasteiger partial charge in [-0.1, -0.05) is 32.0 Å². The van der Waals surface area contributed by atoms with E-state index in [1.165, 1.54) is 11.1 Å². The predicted molar refractivity (Wildman–Crippen MR) is 92.0 cm³/mol. The normalized spacial score (nSPS) is 10.6. The number of rotatable bonds is 7. The van der Waals surface area contributed by atoms with Crippen LogP contribution in [0.25, 0.3) is 0 Å². The van der Waals surface area contributed by atoms with E-state index in [0.717, 1.165) is 41.9 Å². The largest absolute Gasteiger partial charge is 0.456 e. The first-order valence-electron chi connectivity index (χ1n) is 7.49. The summed E-state index contributed by atoms with van der Waals surface area (Å²) in [5, 5.41) is 3.40. The average molecular weight is 348 g/mol. The van der Waals surface area contributed by atoms with Gasteiger partial charge in [0, 0.05) is 6.54 Å². The van der Waals surface area contributed by atoms with Crippen molar-refractivity contribution in [3.8, 4) is 11.5 Å². The Kier molecular flexibility index (Phi) is 6.27. The molecule has 0 spiro atoms. The number of nitrogens with one attached hydrogen (secondary N) is 1. The quantitative estimate of drug-likeness (QED) is 0.685. The van der Waals surface area contributed by atoms with Crippen LogP contribution in [0.5, 0.6) is 11.5 Å². The van der Waals surface area contributed by atoms with Crippen molar-refractivity contribution in [1.29, 1.82) is 0 Å². The Morgan fingerprint density at radius 2 is 1.90 bits per heavy atom. The molecule has 0 bridgehead atoms. The lowest BCUT2D eigenvalue weighted by molar-refractivity contribution is 0.478. The van der Waals surface area contributed by atoms with E-state index in [1.54, 1.807) is 0 Å². The molecule has 0 heterocycles. The van der Waals surface area contributed by atoms with Crippen LogP contribution in [-0.2, 0) is 13.0 Å². The molecule has 1 N–H and O–H groups in total. The zero-order valence-corrected chi connectivity index (χ0v) is 14.2. The molecule has 2 nitrogen and oxygen atoms in total. The molecule has 2 rings (SSSR count). The van der Waals surface area contributed by atoms with Gasteiger partial charge in [0.15, 0.2) is 0 Å². The Balaban J connectivity index is 2.06. The minimum atomic E-state index is 0.850. The molecule has 0 unspecified atom stereocenters.